The van der Waals surface area contributed by atoms with Gasteiger partial charge in [0.1, 0.15) is 5.60 Å². The highest BCUT2D eigenvalue weighted by Crippen LogP contribution is 2.36. The molecule has 0 saturated carbocycles. The molecule has 0 aliphatic heterocycles. The lowest BCUT2D eigenvalue weighted by Gasteiger charge is -2.30. The zero-order valence-electron chi connectivity index (χ0n) is 13.3. The molecular formula is C21H18O3. The fourth-order valence-electron chi connectivity index (χ4n) is 2.83. The molecule has 0 radical (unpaired) electrons. The largest absolute Gasteiger partial charge is 0.478 e. The van der Waals surface area contributed by atoms with E-state index in [1.54, 1.807) is 12.1 Å². The summed E-state index contributed by atoms with van der Waals surface area (Å²) in [7, 11) is 0. The van der Waals surface area contributed by atoms with E-state index in [0.29, 0.717) is 5.56 Å². The Labute approximate surface area is 140 Å². The van der Waals surface area contributed by atoms with Crippen LogP contribution >= 0.6 is 0 Å². The van der Waals surface area contributed by atoms with Crippen molar-refractivity contribution in [2.24, 2.45) is 0 Å². The highest BCUT2D eigenvalue weighted by molar-refractivity contribution is 5.87. The molecule has 0 amide bonds. The van der Waals surface area contributed by atoms with Crippen molar-refractivity contribution >= 4 is 5.97 Å². The number of aryl methyl sites for hydroxylation is 1. The number of hydrogen-bond donors (Lipinski definition) is 2. The minimum atomic E-state index is -1.34. The third-order valence-corrected chi connectivity index (χ3v) is 4.21. The van der Waals surface area contributed by atoms with Gasteiger partial charge < -0.3 is 10.2 Å². The van der Waals surface area contributed by atoms with E-state index >= 15 is 0 Å². The molecule has 0 fully saturated rings. The van der Waals surface area contributed by atoms with Gasteiger partial charge in [0.15, 0.2) is 0 Å². The maximum absolute atomic E-state index is 11.6. The van der Waals surface area contributed by atoms with E-state index in [0.717, 1.165) is 16.7 Å². The first kappa shape index (κ1) is 16.0. The Morgan fingerprint density at radius 2 is 1.21 bits per heavy atom. The van der Waals surface area contributed by atoms with E-state index in [9.17, 15) is 9.90 Å². The van der Waals surface area contributed by atoms with Crippen LogP contribution in [0.4, 0.5) is 0 Å². The molecule has 1 atom stereocenters. The van der Waals surface area contributed by atoms with Gasteiger partial charge in [-0.15, -0.1) is 0 Å². The summed E-state index contributed by atoms with van der Waals surface area (Å²) >= 11 is 0. The summed E-state index contributed by atoms with van der Waals surface area (Å²) in [5.74, 6) is -0.986. The van der Waals surface area contributed by atoms with Crippen molar-refractivity contribution in [1.82, 2.24) is 0 Å². The Bertz CT molecular complexity index is 837. The normalized spacial score (nSPS) is 13.2. The van der Waals surface area contributed by atoms with Crippen molar-refractivity contribution in [3.05, 3.63) is 107 Å². The first-order valence-corrected chi connectivity index (χ1v) is 7.70. The highest BCUT2D eigenvalue weighted by Gasteiger charge is 2.33. The van der Waals surface area contributed by atoms with Gasteiger partial charge in [0.2, 0.25) is 0 Å². The molecule has 0 aliphatic rings. The number of aliphatic hydroxyl groups is 1. The number of rotatable bonds is 4. The van der Waals surface area contributed by atoms with Gasteiger partial charge in [-0.2, -0.15) is 0 Å². The summed E-state index contributed by atoms with van der Waals surface area (Å²) < 4.78 is 0. The van der Waals surface area contributed by atoms with Crippen LogP contribution in [0.1, 0.15) is 32.6 Å². The molecule has 3 aromatic rings. The number of benzene rings is 3. The van der Waals surface area contributed by atoms with Gasteiger partial charge in [-0.1, -0.05) is 72.3 Å². The lowest BCUT2D eigenvalue weighted by Crippen LogP contribution is -2.28. The molecule has 3 aromatic carbocycles. The summed E-state index contributed by atoms with van der Waals surface area (Å²) in [6, 6.07) is 23.4. The van der Waals surface area contributed by atoms with Crippen LogP contribution in [0.15, 0.2) is 78.9 Å². The third kappa shape index (κ3) is 2.82. The molecule has 0 heterocycles. The van der Waals surface area contributed by atoms with Crippen molar-refractivity contribution in [2.45, 2.75) is 12.5 Å². The Kier molecular flexibility index (Phi) is 4.19. The smallest absolute Gasteiger partial charge is 0.335 e. The van der Waals surface area contributed by atoms with Crippen molar-refractivity contribution < 1.29 is 15.0 Å². The third-order valence-electron chi connectivity index (χ3n) is 4.21. The second-order valence-electron chi connectivity index (χ2n) is 5.82. The maximum Gasteiger partial charge on any atom is 0.335 e. The quantitative estimate of drug-likeness (QED) is 0.715. The number of aromatic carboxylic acids is 1. The average Bonchev–Trinajstić information content (AvgIpc) is 2.62. The highest BCUT2D eigenvalue weighted by atomic mass is 16.4. The van der Waals surface area contributed by atoms with Crippen LogP contribution in [0.25, 0.3) is 0 Å². The Hall–Kier alpha value is -2.91. The molecule has 0 aromatic heterocycles. The number of carboxylic acids is 1. The topological polar surface area (TPSA) is 57.5 Å². The van der Waals surface area contributed by atoms with E-state index in [1.165, 1.54) is 12.1 Å². The Balaban J connectivity index is 2.18. The molecule has 3 nitrogen and oxygen atoms in total. The molecule has 2 N–H and O–H groups in total. The van der Waals surface area contributed by atoms with E-state index in [1.807, 2.05) is 61.5 Å². The fourth-order valence-corrected chi connectivity index (χ4v) is 2.83. The van der Waals surface area contributed by atoms with E-state index in [-0.39, 0.29) is 5.56 Å². The van der Waals surface area contributed by atoms with Gasteiger partial charge >= 0.3 is 5.97 Å². The molecule has 120 valence electrons. The number of carbonyl (C=O) groups is 1. The summed E-state index contributed by atoms with van der Waals surface area (Å²) in [6.45, 7) is 1.99. The lowest BCUT2D eigenvalue weighted by atomic mass is 9.80. The van der Waals surface area contributed by atoms with Crippen molar-refractivity contribution in [3.8, 4) is 0 Å². The van der Waals surface area contributed by atoms with Gasteiger partial charge in [0.05, 0.1) is 5.56 Å². The predicted octanol–water partition coefficient (Wildman–Crippen LogP) is 3.98. The monoisotopic (exact) mass is 318 g/mol. The molecule has 1 unspecified atom stereocenters. The molecule has 3 heteroatoms. The van der Waals surface area contributed by atoms with Crippen molar-refractivity contribution in [2.75, 3.05) is 0 Å². The minimum Gasteiger partial charge on any atom is -0.478 e. The zero-order valence-corrected chi connectivity index (χ0v) is 13.3. The second kappa shape index (κ2) is 6.30. The van der Waals surface area contributed by atoms with E-state index in [2.05, 4.69) is 0 Å². The van der Waals surface area contributed by atoms with Gasteiger partial charge in [0, 0.05) is 0 Å². The zero-order chi connectivity index (χ0) is 17.2. The summed E-state index contributed by atoms with van der Waals surface area (Å²) in [5.41, 5.74) is 2.06. The summed E-state index contributed by atoms with van der Waals surface area (Å²) in [5, 5.41) is 20.7. The molecule has 3 rings (SSSR count). The molecular weight excluding hydrogens is 300 g/mol. The predicted molar refractivity (Wildman–Crippen MR) is 93.1 cm³/mol. The lowest BCUT2D eigenvalue weighted by molar-refractivity contribution is 0.0696. The standard InChI is InChI=1S/C21H18O3/c1-15-7-11-18(12-8-15)21(24,17-5-3-2-4-6-17)19-13-9-16(10-14-19)20(22)23/h2-14,24H,1H3,(H,22,23). The van der Waals surface area contributed by atoms with E-state index < -0.39 is 11.6 Å². The van der Waals surface area contributed by atoms with Crippen molar-refractivity contribution in [3.63, 3.8) is 0 Å². The summed E-state index contributed by atoms with van der Waals surface area (Å²) in [4.78, 5) is 11.1. The summed E-state index contributed by atoms with van der Waals surface area (Å²) in [6.07, 6.45) is 0. The molecule has 24 heavy (non-hydrogen) atoms. The van der Waals surface area contributed by atoms with Crippen LogP contribution in [0.3, 0.4) is 0 Å². The maximum atomic E-state index is 11.6. The van der Waals surface area contributed by atoms with Gasteiger partial charge in [-0.05, 0) is 35.7 Å². The van der Waals surface area contributed by atoms with Crippen LogP contribution in [-0.4, -0.2) is 16.2 Å². The van der Waals surface area contributed by atoms with Crippen LogP contribution < -0.4 is 0 Å². The first-order chi connectivity index (χ1) is 11.5. The SMILES string of the molecule is Cc1ccc(C(O)(c2ccccc2)c2ccc(C(=O)O)cc2)cc1. The number of hydrogen-bond acceptors (Lipinski definition) is 2. The van der Waals surface area contributed by atoms with Gasteiger partial charge in [0.25, 0.3) is 0 Å². The Morgan fingerprint density at radius 1 is 0.750 bits per heavy atom. The van der Waals surface area contributed by atoms with Crippen LogP contribution in [0, 0.1) is 6.92 Å². The first-order valence-electron chi connectivity index (χ1n) is 7.70. The van der Waals surface area contributed by atoms with Crippen LogP contribution in [0.5, 0.6) is 0 Å². The molecule has 0 bridgehead atoms. The minimum absolute atomic E-state index is 0.193. The molecule has 0 spiro atoms. The van der Waals surface area contributed by atoms with E-state index in [4.69, 9.17) is 5.11 Å². The molecule has 0 aliphatic carbocycles. The number of carboxylic acid groups (broad SMARTS) is 1. The van der Waals surface area contributed by atoms with Crippen LogP contribution in [0.2, 0.25) is 0 Å². The van der Waals surface area contributed by atoms with Gasteiger partial charge in [-0.3, -0.25) is 0 Å². The average molecular weight is 318 g/mol. The molecule has 0 saturated heterocycles. The second-order valence-corrected chi connectivity index (χ2v) is 5.82. The Morgan fingerprint density at radius 3 is 1.71 bits per heavy atom. The van der Waals surface area contributed by atoms with Gasteiger partial charge in [-0.25, -0.2) is 4.79 Å². The van der Waals surface area contributed by atoms with Crippen molar-refractivity contribution in [1.29, 1.82) is 0 Å². The fraction of sp³-hybridized carbons (Fsp3) is 0.0952. The van der Waals surface area contributed by atoms with Crippen LogP contribution in [-0.2, 0) is 5.60 Å².